The summed E-state index contributed by atoms with van der Waals surface area (Å²) < 4.78 is 4.76. The van der Waals surface area contributed by atoms with Gasteiger partial charge in [-0.25, -0.2) is 4.79 Å². The number of carbonyl (C=O) groups excluding carboxylic acids is 2. The lowest BCUT2D eigenvalue weighted by Gasteiger charge is -2.17. The number of esters is 1. The maximum Gasteiger partial charge on any atom is 0.340 e. The van der Waals surface area contributed by atoms with Crippen molar-refractivity contribution in [1.29, 1.82) is 0 Å². The highest BCUT2D eigenvalue weighted by atomic mass is 32.1. The zero-order valence-corrected chi connectivity index (χ0v) is 14.0. The van der Waals surface area contributed by atoms with E-state index in [0.717, 1.165) is 5.56 Å². The molecule has 2 aromatic rings. The number of nitrogens with zero attached hydrogens (tertiary/aromatic N) is 1. The number of amides is 1. The van der Waals surface area contributed by atoms with Gasteiger partial charge < -0.3 is 20.1 Å². The number of thiophene rings is 1. The molecule has 1 aromatic carbocycles. The minimum Gasteiger partial charge on any atom is -0.508 e. The quantitative estimate of drug-likeness (QED) is 0.811. The molecule has 7 heteroatoms. The van der Waals surface area contributed by atoms with Crippen molar-refractivity contribution in [2.75, 3.05) is 18.6 Å². The Morgan fingerprint density at radius 3 is 3.04 bits per heavy atom. The predicted octanol–water partition coefficient (Wildman–Crippen LogP) is 2.14. The summed E-state index contributed by atoms with van der Waals surface area (Å²) in [6.07, 6.45) is 0.663. The van der Waals surface area contributed by atoms with Crippen LogP contribution in [0, 0.1) is 0 Å². The Balaban J connectivity index is 1.67. The molecule has 1 amide bonds. The van der Waals surface area contributed by atoms with Crippen molar-refractivity contribution in [2.24, 2.45) is 0 Å². The second-order valence-electron chi connectivity index (χ2n) is 5.51. The molecule has 3 rings (SSSR count). The van der Waals surface area contributed by atoms with E-state index in [1.165, 1.54) is 18.4 Å². The molecule has 1 aromatic heterocycles. The summed E-state index contributed by atoms with van der Waals surface area (Å²) in [6, 6.07) is 8.30. The number of hydrogen-bond acceptors (Lipinski definition) is 6. The highest BCUT2D eigenvalue weighted by molar-refractivity contribution is 7.14. The number of nitrogens with one attached hydrogen (secondary N) is 1. The van der Waals surface area contributed by atoms with Gasteiger partial charge in [-0.15, -0.1) is 11.3 Å². The Hall–Kier alpha value is -2.38. The fraction of sp³-hybridized carbons (Fsp3) is 0.294. The summed E-state index contributed by atoms with van der Waals surface area (Å²) in [6.45, 7) is 1.05. The molecule has 24 heavy (non-hydrogen) atoms. The molecule has 0 aliphatic carbocycles. The van der Waals surface area contributed by atoms with Crippen molar-refractivity contribution >= 4 is 28.2 Å². The number of phenols is 1. The molecule has 0 radical (unpaired) electrons. The van der Waals surface area contributed by atoms with Gasteiger partial charge in [0.15, 0.2) is 0 Å². The van der Waals surface area contributed by atoms with E-state index in [-0.39, 0.29) is 17.7 Å². The number of phenolic OH excluding ortho intramolecular Hbond substituents is 1. The van der Waals surface area contributed by atoms with Crippen molar-refractivity contribution < 1.29 is 19.4 Å². The summed E-state index contributed by atoms with van der Waals surface area (Å²) in [4.78, 5) is 26.0. The fourth-order valence-corrected chi connectivity index (χ4v) is 3.67. The first kappa shape index (κ1) is 16.5. The molecule has 0 saturated carbocycles. The number of rotatable bonds is 5. The molecular formula is C17H18N2O4S. The number of methoxy groups -OCH3 is 1. The summed E-state index contributed by atoms with van der Waals surface area (Å²) in [7, 11) is 1.33. The standard InChI is InChI=1S/C17H18N2O4S/c1-23-17(22)13-6-8-24-16(13)19-7-5-14(15(19)21)18-10-11-3-2-4-12(20)9-11/h2-4,6,8-9,14,18,20H,5,7,10H2,1H3/t14-/m0/s1. The number of anilines is 1. The molecule has 1 atom stereocenters. The van der Waals surface area contributed by atoms with E-state index in [2.05, 4.69) is 5.32 Å². The summed E-state index contributed by atoms with van der Waals surface area (Å²) >= 11 is 1.36. The van der Waals surface area contributed by atoms with Gasteiger partial charge in [-0.05, 0) is 35.6 Å². The van der Waals surface area contributed by atoms with Gasteiger partial charge in [0.05, 0.1) is 18.7 Å². The monoisotopic (exact) mass is 346 g/mol. The van der Waals surface area contributed by atoms with Gasteiger partial charge >= 0.3 is 5.97 Å². The Morgan fingerprint density at radius 1 is 1.46 bits per heavy atom. The molecule has 1 saturated heterocycles. The normalized spacial score (nSPS) is 17.3. The van der Waals surface area contributed by atoms with Crippen LogP contribution in [-0.2, 0) is 16.1 Å². The van der Waals surface area contributed by atoms with E-state index >= 15 is 0 Å². The van der Waals surface area contributed by atoms with Crippen LogP contribution in [-0.4, -0.2) is 36.7 Å². The molecule has 0 bridgehead atoms. The average molecular weight is 346 g/mol. The second kappa shape index (κ2) is 7.02. The number of hydrogen-bond donors (Lipinski definition) is 2. The average Bonchev–Trinajstić information content (AvgIpc) is 3.19. The van der Waals surface area contributed by atoms with Crippen molar-refractivity contribution in [3.8, 4) is 5.75 Å². The van der Waals surface area contributed by atoms with Crippen LogP contribution < -0.4 is 10.2 Å². The van der Waals surface area contributed by atoms with E-state index in [1.807, 2.05) is 6.07 Å². The molecule has 0 spiro atoms. The lowest BCUT2D eigenvalue weighted by molar-refractivity contribution is -0.118. The van der Waals surface area contributed by atoms with Gasteiger partial charge in [0, 0.05) is 13.1 Å². The SMILES string of the molecule is COC(=O)c1ccsc1N1CC[C@H](NCc2cccc(O)c2)C1=O. The zero-order chi connectivity index (χ0) is 17.1. The lowest BCUT2D eigenvalue weighted by atomic mass is 10.2. The zero-order valence-electron chi connectivity index (χ0n) is 13.2. The number of ether oxygens (including phenoxy) is 1. The summed E-state index contributed by atoms with van der Waals surface area (Å²) in [5, 5.41) is 15.1. The van der Waals surface area contributed by atoms with Gasteiger partial charge in [-0.2, -0.15) is 0 Å². The van der Waals surface area contributed by atoms with Crippen LogP contribution in [0.3, 0.4) is 0 Å². The first-order chi connectivity index (χ1) is 11.6. The molecule has 2 N–H and O–H groups in total. The fourth-order valence-electron chi connectivity index (χ4n) is 2.75. The van der Waals surface area contributed by atoms with Gasteiger partial charge in [-0.3, -0.25) is 4.79 Å². The first-order valence-corrected chi connectivity index (χ1v) is 8.46. The Morgan fingerprint density at radius 2 is 2.29 bits per heavy atom. The predicted molar refractivity (Wildman–Crippen MR) is 91.4 cm³/mol. The smallest absolute Gasteiger partial charge is 0.340 e. The summed E-state index contributed by atoms with van der Waals surface area (Å²) in [5.41, 5.74) is 1.33. The molecule has 0 unspecified atom stereocenters. The van der Waals surface area contributed by atoms with E-state index < -0.39 is 5.97 Å². The van der Waals surface area contributed by atoms with Crippen molar-refractivity contribution in [3.05, 3.63) is 46.8 Å². The number of benzene rings is 1. The van der Waals surface area contributed by atoms with Gasteiger partial charge in [0.1, 0.15) is 10.8 Å². The van der Waals surface area contributed by atoms with Crippen LogP contribution in [0.2, 0.25) is 0 Å². The maximum absolute atomic E-state index is 12.6. The molecule has 126 valence electrons. The van der Waals surface area contributed by atoms with E-state index in [4.69, 9.17) is 4.74 Å². The van der Waals surface area contributed by atoms with Gasteiger partial charge in [0.2, 0.25) is 5.91 Å². The Labute approximate surface area is 143 Å². The third kappa shape index (κ3) is 3.27. The third-order valence-corrected chi connectivity index (χ3v) is 4.90. The molecular weight excluding hydrogens is 328 g/mol. The van der Waals surface area contributed by atoms with Crippen LogP contribution >= 0.6 is 11.3 Å². The highest BCUT2D eigenvalue weighted by Crippen LogP contribution is 2.31. The minimum atomic E-state index is -0.435. The first-order valence-electron chi connectivity index (χ1n) is 7.58. The van der Waals surface area contributed by atoms with E-state index in [1.54, 1.807) is 34.5 Å². The van der Waals surface area contributed by atoms with E-state index in [9.17, 15) is 14.7 Å². The van der Waals surface area contributed by atoms with E-state index in [0.29, 0.717) is 30.1 Å². The molecule has 6 nitrogen and oxygen atoms in total. The highest BCUT2D eigenvalue weighted by Gasteiger charge is 2.34. The van der Waals surface area contributed by atoms with Gasteiger partial charge in [0.25, 0.3) is 0 Å². The summed E-state index contributed by atoms with van der Waals surface area (Å²) in [5.74, 6) is -0.284. The largest absolute Gasteiger partial charge is 0.508 e. The van der Waals surface area contributed by atoms with Crippen molar-refractivity contribution in [2.45, 2.75) is 19.0 Å². The maximum atomic E-state index is 12.6. The minimum absolute atomic E-state index is 0.0530. The third-order valence-electron chi connectivity index (χ3n) is 3.96. The van der Waals surface area contributed by atoms with Crippen molar-refractivity contribution in [1.82, 2.24) is 5.32 Å². The van der Waals surface area contributed by atoms with Crippen LogP contribution in [0.1, 0.15) is 22.3 Å². The Kier molecular flexibility index (Phi) is 4.82. The second-order valence-corrected chi connectivity index (χ2v) is 6.41. The molecule has 1 aliphatic heterocycles. The van der Waals surface area contributed by atoms with Crippen LogP contribution in [0.25, 0.3) is 0 Å². The lowest BCUT2D eigenvalue weighted by Crippen LogP contribution is -2.38. The molecule has 2 heterocycles. The van der Waals surface area contributed by atoms with Crippen LogP contribution in [0.15, 0.2) is 35.7 Å². The van der Waals surface area contributed by atoms with Crippen LogP contribution in [0.4, 0.5) is 5.00 Å². The number of carbonyl (C=O) groups is 2. The molecule has 1 aliphatic rings. The number of aromatic hydroxyl groups is 1. The van der Waals surface area contributed by atoms with Gasteiger partial charge in [-0.1, -0.05) is 12.1 Å². The van der Waals surface area contributed by atoms with Crippen LogP contribution in [0.5, 0.6) is 5.75 Å². The van der Waals surface area contributed by atoms with Crippen molar-refractivity contribution in [3.63, 3.8) is 0 Å². The Bertz CT molecular complexity index is 759. The topological polar surface area (TPSA) is 78.9 Å². The molecule has 1 fully saturated rings.